The molecule has 2 heterocycles. The Labute approximate surface area is 167 Å². The summed E-state index contributed by atoms with van der Waals surface area (Å²) < 4.78 is 7.12. The number of carbonyl (C=O) groups excluding carboxylic acids is 2. The Kier molecular flexibility index (Phi) is 5.25. The number of ether oxygens (including phenoxy) is 1. The Morgan fingerprint density at radius 3 is 2.79 bits per heavy atom. The zero-order valence-corrected chi connectivity index (χ0v) is 16.4. The third-order valence-corrected chi connectivity index (χ3v) is 5.61. The molecule has 0 radical (unpaired) electrons. The van der Waals surface area contributed by atoms with Crippen molar-refractivity contribution in [3.05, 3.63) is 69.7 Å². The van der Waals surface area contributed by atoms with E-state index in [4.69, 9.17) is 4.74 Å². The summed E-state index contributed by atoms with van der Waals surface area (Å²) in [5.41, 5.74) is 4.30. The van der Waals surface area contributed by atoms with Crippen molar-refractivity contribution in [1.82, 2.24) is 14.7 Å². The van der Waals surface area contributed by atoms with E-state index in [1.807, 2.05) is 51.8 Å². The first-order valence-corrected chi connectivity index (χ1v) is 10.2. The predicted molar refractivity (Wildman–Crippen MR) is 107 cm³/mol. The van der Waals surface area contributed by atoms with Crippen LogP contribution in [0.15, 0.2) is 47.2 Å². The van der Waals surface area contributed by atoms with Crippen LogP contribution in [-0.2, 0) is 28.9 Å². The maximum absolute atomic E-state index is 12.6. The van der Waals surface area contributed by atoms with Gasteiger partial charge in [0.15, 0.2) is 12.3 Å². The normalized spacial score (nSPS) is 12.6. The highest BCUT2D eigenvalue weighted by Crippen LogP contribution is 2.28. The third kappa shape index (κ3) is 3.71. The number of esters is 1. The molecule has 0 fully saturated rings. The van der Waals surface area contributed by atoms with Crippen molar-refractivity contribution in [3.63, 3.8) is 0 Å². The molecule has 144 valence electrons. The highest BCUT2D eigenvalue weighted by molar-refractivity contribution is 7.07. The van der Waals surface area contributed by atoms with E-state index in [0.29, 0.717) is 12.2 Å². The molecule has 28 heavy (non-hydrogen) atoms. The lowest BCUT2D eigenvalue weighted by molar-refractivity contribution is -0.133. The average Bonchev–Trinajstić information content (AvgIpc) is 3.44. The van der Waals surface area contributed by atoms with Gasteiger partial charge < -0.3 is 9.64 Å². The molecular formula is C21H21N3O3S. The number of carbonyl (C=O) groups is 2. The topological polar surface area (TPSA) is 64.4 Å². The molecular weight excluding hydrogens is 374 g/mol. The molecule has 0 saturated carbocycles. The minimum absolute atomic E-state index is 0.237. The average molecular weight is 395 g/mol. The van der Waals surface area contributed by atoms with Crippen LogP contribution in [0, 0.1) is 0 Å². The van der Waals surface area contributed by atoms with Crippen LogP contribution < -0.4 is 0 Å². The maximum atomic E-state index is 12.6. The van der Waals surface area contributed by atoms with Crippen molar-refractivity contribution in [2.24, 2.45) is 0 Å². The highest BCUT2D eigenvalue weighted by atomic mass is 32.1. The third-order valence-electron chi connectivity index (χ3n) is 4.88. The first kappa shape index (κ1) is 18.4. The quantitative estimate of drug-likeness (QED) is 0.601. The number of hydrogen-bond donors (Lipinski definition) is 0. The number of hydrogen-bond acceptors (Lipinski definition) is 5. The van der Waals surface area contributed by atoms with Crippen LogP contribution in [0.1, 0.15) is 33.7 Å². The van der Waals surface area contributed by atoms with Gasteiger partial charge in [0.25, 0.3) is 5.91 Å². The van der Waals surface area contributed by atoms with E-state index in [1.165, 1.54) is 0 Å². The van der Waals surface area contributed by atoms with E-state index in [9.17, 15) is 9.59 Å². The number of fused-ring (bicyclic) bond motifs is 1. The molecule has 4 rings (SSSR count). The molecule has 0 saturated heterocycles. The predicted octanol–water partition coefficient (Wildman–Crippen LogP) is 3.24. The van der Waals surface area contributed by atoms with Crippen LogP contribution >= 0.6 is 11.3 Å². The second-order valence-electron chi connectivity index (χ2n) is 6.83. The zero-order valence-electron chi connectivity index (χ0n) is 15.6. The second-order valence-corrected chi connectivity index (χ2v) is 7.61. The summed E-state index contributed by atoms with van der Waals surface area (Å²) in [6.45, 7) is 0.213. The van der Waals surface area contributed by atoms with Gasteiger partial charge in [-0.15, -0.1) is 0 Å². The van der Waals surface area contributed by atoms with E-state index >= 15 is 0 Å². The Bertz CT molecular complexity index is 980. The first-order chi connectivity index (χ1) is 13.6. The van der Waals surface area contributed by atoms with Crippen LogP contribution in [0.3, 0.4) is 0 Å². The monoisotopic (exact) mass is 395 g/mol. The van der Waals surface area contributed by atoms with Crippen LogP contribution in [0.4, 0.5) is 0 Å². The SMILES string of the molecule is CN(Cc1ccsc1)C(=O)COC(=O)c1nn(-c2ccccc2)c2c1CCC2. The van der Waals surface area contributed by atoms with Gasteiger partial charge in [0.1, 0.15) is 0 Å². The minimum atomic E-state index is -0.537. The number of amides is 1. The summed E-state index contributed by atoms with van der Waals surface area (Å²) in [5.74, 6) is -0.774. The number of thiophene rings is 1. The van der Waals surface area contributed by atoms with Gasteiger partial charge in [-0.1, -0.05) is 18.2 Å². The smallest absolute Gasteiger partial charge is 0.359 e. The van der Waals surface area contributed by atoms with Crippen LogP contribution in [0.25, 0.3) is 5.69 Å². The lowest BCUT2D eigenvalue weighted by Gasteiger charge is -2.16. The van der Waals surface area contributed by atoms with Gasteiger partial charge in [0, 0.05) is 24.8 Å². The van der Waals surface area contributed by atoms with Gasteiger partial charge in [-0.05, 0) is 53.8 Å². The van der Waals surface area contributed by atoms with Crippen molar-refractivity contribution in [3.8, 4) is 5.69 Å². The number of aromatic nitrogens is 2. The molecule has 1 amide bonds. The molecule has 0 N–H and O–H groups in total. The van der Waals surface area contributed by atoms with Gasteiger partial charge in [0.05, 0.1) is 5.69 Å². The van der Waals surface area contributed by atoms with Crippen molar-refractivity contribution < 1.29 is 14.3 Å². The molecule has 1 aliphatic rings. The van der Waals surface area contributed by atoms with Crippen LogP contribution in [0.5, 0.6) is 0 Å². The number of benzene rings is 1. The van der Waals surface area contributed by atoms with E-state index in [1.54, 1.807) is 23.3 Å². The molecule has 0 unspecified atom stereocenters. The van der Waals surface area contributed by atoms with E-state index < -0.39 is 5.97 Å². The van der Waals surface area contributed by atoms with Gasteiger partial charge >= 0.3 is 5.97 Å². The van der Waals surface area contributed by atoms with E-state index in [2.05, 4.69) is 5.10 Å². The molecule has 0 bridgehead atoms. The summed E-state index contributed by atoms with van der Waals surface area (Å²) >= 11 is 1.59. The Morgan fingerprint density at radius 1 is 1.21 bits per heavy atom. The van der Waals surface area contributed by atoms with Crippen LogP contribution in [0.2, 0.25) is 0 Å². The largest absolute Gasteiger partial charge is 0.451 e. The number of rotatable bonds is 6. The summed E-state index contributed by atoms with van der Waals surface area (Å²) in [6.07, 6.45) is 2.67. The van der Waals surface area contributed by atoms with Crippen molar-refractivity contribution in [2.45, 2.75) is 25.8 Å². The first-order valence-electron chi connectivity index (χ1n) is 9.22. The summed E-state index contributed by atoms with van der Waals surface area (Å²) in [6, 6.07) is 11.7. The Morgan fingerprint density at radius 2 is 2.04 bits per heavy atom. The lowest BCUT2D eigenvalue weighted by Crippen LogP contribution is -2.30. The van der Waals surface area contributed by atoms with Gasteiger partial charge in [0.2, 0.25) is 0 Å². The minimum Gasteiger partial charge on any atom is -0.451 e. The molecule has 0 aliphatic heterocycles. The summed E-state index contributed by atoms with van der Waals surface area (Å²) in [4.78, 5) is 26.5. The van der Waals surface area contributed by atoms with Gasteiger partial charge in [-0.3, -0.25) is 4.79 Å². The second kappa shape index (κ2) is 7.98. The van der Waals surface area contributed by atoms with Crippen LogP contribution in [-0.4, -0.2) is 40.2 Å². The fourth-order valence-corrected chi connectivity index (χ4v) is 4.09. The van der Waals surface area contributed by atoms with Crippen molar-refractivity contribution in [2.75, 3.05) is 13.7 Å². The van der Waals surface area contributed by atoms with Crippen molar-refractivity contribution in [1.29, 1.82) is 0 Å². The molecule has 1 aliphatic carbocycles. The van der Waals surface area contributed by atoms with Crippen molar-refractivity contribution >= 4 is 23.2 Å². The fourth-order valence-electron chi connectivity index (χ4n) is 3.43. The molecule has 1 aromatic carbocycles. The summed E-state index contributed by atoms with van der Waals surface area (Å²) in [7, 11) is 1.70. The number of likely N-dealkylation sites (N-methyl/N-ethyl adjacent to an activating group) is 1. The highest BCUT2D eigenvalue weighted by Gasteiger charge is 2.28. The Hall–Kier alpha value is -2.93. The molecule has 3 aromatic rings. The zero-order chi connectivity index (χ0) is 19.5. The van der Waals surface area contributed by atoms with E-state index in [0.717, 1.165) is 41.8 Å². The fraction of sp³-hybridized carbons (Fsp3) is 0.286. The molecule has 0 atom stereocenters. The molecule has 6 nitrogen and oxygen atoms in total. The standard InChI is InChI=1S/C21H21N3O3S/c1-23(12-15-10-11-28-14-15)19(25)13-27-21(26)20-17-8-5-9-18(17)24(22-20)16-6-3-2-4-7-16/h2-4,6-7,10-11,14H,5,8-9,12-13H2,1H3. The number of para-hydroxylation sites is 1. The summed E-state index contributed by atoms with van der Waals surface area (Å²) in [5, 5.41) is 8.47. The van der Waals surface area contributed by atoms with Gasteiger partial charge in [-0.25, -0.2) is 9.48 Å². The molecule has 7 heteroatoms. The molecule has 2 aromatic heterocycles. The van der Waals surface area contributed by atoms with Gasteiger partial charge in [-0.2, -0.15) is 16.4 Å². The van der Waals surface area contributed by atoms with E-state index in [-0.39, 0.29) is 12.5 Å². The molecule has 0 spiro atoms. The maximum Gasteiger partial charge on any atom is 0.359 e. The lowest BCUT2D eigenvalue weighted by atomic mass is 10.2. The number of nitrogens with zero attached hydrogens (tertiary/aromatic N) is 3. The Balaban J connectivity index is 1.45.